The zero-order chi connectivity index (χ0) is 14.0. The average molecular weight is 327 g/mol. The number of carbonyl (C=O) groups is 1. The Kier molecular flexibility index (Phi) is 4.45. The first-order chi connectivity index (χ1) is 8.99. The molecule has 1 aromatic rings. The van der Waals surface area contributed by atoms with Gasteiger partial charge in [-0.25, -0.2) is 9.78 Å². The summed E-state index contributed by atoms with van der Waals surface area (Å²) in [6.45, 7) is 6.28. The van der Waals surface area contributed by atoms with Gasteiger partial charge in [0, 0.05) is 23.8 Å². The molecule has 4 nitrogen and oxygen atoms in total. The topological polar surface area (TPSA) is 53.4 Å². The first-order valence-corrected chi connectivity index (χ1v) is 7.42. The summed E-state index contributed by atoms with van der Waals surface area (Å²) in [7, 11) is 0. The van der Waals surface area contributed by atoms with Crippen LogP contribution < -0.4 is 4.90 Å². The van der Waals surface area contributed by atoms with Crippen LogP contribution in [-0.4, -0.2) is 29.1 Å². The van der Waals surface area contributed by atoms with Crippen molar-refractivity contribution in [1.82, 2.24) is 4.98 Å². The monoisotopic (exact) mass is 326 g/mol. The maximum absolute atomic E-state index is 11.3. The van der Waals surface area contributed by atoms with E-state index in [1.54, 1.807) is 12.3 Å². The molecular formula is C14H19BrN2O2. The summed E-state index contributed by atoms with van der Waals surface area (Å²) in [5, 5.41) is 9.27. The molecule has 2 rings (SSSR count). The summed E-state index contributed by atoms with van der Waals surface area (Å²) >= 11 is 3.27. The van der Waals surface area contributed by atoms with Crippen LogP contribution in [0.4, 0.5) is 5.82 Å². The smallest absolute Gasteiger partial charge is 0.339 e. The number of nitrogens with zero attached hydrogens (tertiary/aromatic N) is 2. The highest BCUT2D eigenvalue weighted by Crippen LogP contribution is 2.29. The molecule has 1 saturated heterocycles. The molecule has 0 radical (unpaired) electrons. The predicted octanol–water partition coefficient (Wildman–Crippen LogP) is 3.41. The molecule has 0 saturated carbocycles. The van der Waals surface area contributed by atoms with Crippen molar-refractivity contribution < 1.29 is 9.90 Å². The van der Waals surface area contributed by atoms with Gasteiger partial charge in [-0.2, -0.15) is 0 Å². The van der Waals surface area contributed by atoms with Gasteiger partial charge in [-0.1, -0.05) is 13.8 Å². The number of carboxylic acid groups (broad SMARTS) is 1. The number of rotatable bonds is 3. The molecule has 1 fully saturated rings. The van der Waals surface area contributed by atoms with E-state index in [0.717, 1.165) is 31.8 Å². The first kappa shape index (κ1) is 14.3. The third-order valence-electron chi connectivity index (χ3n) is 3.85. The van der Waals surface area contributed by atoms with E-state index in [1.165, 1.54) is 0 Å². The average Bonchev–Trinajstić information content (AvgIpc) is 2.38. The zero-order valence-corrected chi connectivity index (χ0v) is 12.9. The van der Waals surface area contributed by atoms with Gasteiger partial charge in [-0.05, 0) is 46.7 Å². The Morgan fingerprint density at radius 3 is 2.63 bits per heavy atom. The number of carboxylic acids is 1. The van der Waals surface area contributed by atoms with Crippen molar-refractivity contribution in [1.29, 1.82) is 0 Å². The highest BCUT2D eigenvalue weighted by molar-refractivity contribution is 9.10. The lowest BCUT2D eigenvalue weighted by molar-refractivity contribution is 0.0697. The quantitative estimate of drug-likeness (QED) is 0.924. The van der Waals surface area contributed by atoms with E-state index in [4.69, 9.17) is 0 Å². The van der Waals surface area contributed by atoms with Gasteiger partial charge in [-0.15, -0.1) is 0 Å². The van der Waals surface area contributed by atoms with E-state index in [9.17, 15) is 9.90 Å². The molecular weight excluding hydrogens is 308 g/mol. The molecule has 5 heteroatoms. The largest absolute Gasteiger partial charge is 0.478 e. The number of anilines is 1. The van der Waals surface area contributed by atoms with Crippen LogP contribution in [0.15, 0.2) is 16.7 Å². The van der Waals surface area contributed by atoms with Crippen LogP contribution >= 0.6 is 15.9 Å². The van der Waals surface area contributed by atoms with Crippen molar-refractivity contribution in [3.8, 4) is 0 Å². The van der Waals surface area contributed by atoms with Crippen LogP contribution in [0, 0.1) is 11.8 Å². The Labute approximate surface area is 122 Å². The highest BCUT2D eigenvalue weighted by atomic mass is 79.9. The lowest BCUT2D eigenvalue weighted by atomic mass is 9.86. The predicted molar refractivity (Wildman–Crippen MR) is 78.7 cm³/mol. The lowest BCUT2D eigenvalue weighted by Gasteiger charge is -2.35. The van der Waals surface area contributed by atoms with Crippen LogP contribution in [0.3, 0.4) is 0 Å². The van der Waals surface area contributed by atoms with E-state index in [0.29, 0.717) is 16.2 Å². The number of pyridine rings is 1. The molecule has 0 unspecified atom stereocenters. The van der Waals surface area contributed by atoms with Crippen LogP contribution in [0.25, 0.3) is 0 Å². The summed E-state index contributed by atoms with van der Waals surface area (Å²) < 4.78 is 0.700. The summed E-state index contributed by atoms with van der Waals surface area (Å²) in [6, 6.07) is 1.62. The SMILES string of the molecule is CC(C)C1CCN(c2ncc(Br)cc2C(=O)O)CC1. The molecule has 0 aliphatic carbocycles. The molecule has 1 N–H and O–H groups in total. The molecule has 0 spiro atoms. The van der Waals surface area contributed by atoms with E-state index >= 15 is 0 Å². The number of hydrogen-bond acceptors (Lipinski definition) is 3. The molecule has 0 amide bonds. The molecule has 2 heterocycles. The number of halogens is 1. The van der Waals surface area contributed by atoms with Gasteiger partial charge < -0.3 is 10.0 Å². The van der Waals surface area contributed by atoms with Crippen LogP contribution in [0.1, 0.15) is 37.0 Å². The van der Waals surface area contributed by atoms with Crippen LogP contribution in [0.2, 0.25) is 0 Å². The maximum atomic E-state index is 11.3. The van der Waals surface area contributed by atoms with Crippen LogP contribution in [0.5, 0.6) is 0 Å². The van der Waals surface area contributed by atoms with Gasteiger partial charge in [0.15, 0.2) is 0 Å². The Balaban J connectivity index is 2.17. The molecule has 0 atom stereocenters. The second-order valence-electron chi connectivity index (χ2n) is 5.40. The summed E-state index contributed by atoms with van der Waals surface area (Å²) in [4.78, 5) is 17.7. The van der Waals surface area contributed by atoms with Crippen molar-refractivity contribution in [3.63, 3.8) is 0 Å². The molecule has 104 valence electrons. The second-order valence-corrected chi connectivity index (χ2v) is 6.31. The van der Waals surface area contributed by atoms with Gasteiger partial charge in [0.1, 0.15) is 11.4 Å². The molecule has 1 aliphatic heterocycles. The van der Waals surface area contributed by atoms with E-state index in [-0.39, 0.29) is 5.56 Å². The third kappa shape index (κ3) is 3.26. The zero-order valence-electron chi connectivity index (χ0n) is 11.3. The Morgan fingerprint density at radius 1 is 1.47 bits per heavy atom. The number of hydrogen-bond donors (Lipinski definition) is 1. The van der Waals surface area contributed by atoms with Crippen molar-refractivity contribution in [2.45, 2.75) is 26.7 Å². The van der Waals surface area contributed by atoms with Gasteiger partial charge in [0.05, 0.1) is 0 Å². The summed E-state index contributed by atoms with van der Waals surface area (Å²) in [6.07, 6.45) is 3.87. The van der Waals surface area contributed by atoms with Crippen molar-refractivity contribution in [3.05, 3.63) is 22.3 Å². The molecule has 1 aromatic heterocycles. The minimum atomic E-state index is -0.921. The molecule has 19 heavy (non-hydrogen) atoms. The van der Waals surface area contributed by atoms with Gasteiger partial charge in [0.25, 0.3) is 0 Å². The van der Waals surface area contributed by atoms with Gasteiger partial charge in [-0.3, -0.25) is 0 Å². The number of aromatic nitrogens is 1. The van der Waals surface area contributed by atoms with Crippen LogP contribution in [-0.2, 0) is 0 Å². The molecule has 0 bridgehead atoms. The van der Waals surface area contributed by atoms with E-state index in [2.05, 4.69) is 39.7 Å². The fourth-order valence-corrected chi connectivity index (χ4v) is 2.95. The van der Waals surface area contributed by atoms with Gasteiger partial charge in [0.2, 0.25) is 0 Å². The maximum Gasteiger partial charge on any atom is 0.339 e. The molecule has 1 aliphatic rings. The summed E-state index contributed by atoms with van der Waals surface area (Å²) in [5.41, 5.74) is 0.275. The second kappa shape index (κ2) is 5.90. The number of piperidine rings is 1. The Hall–Kier alpha value is -1.10. The van der Waals surface area contributed by atoms with Crippen molar-refractivity contribution in [2.75, 3.05) is 18.0 Å². The normalized spacial score (nSPS) is 16.9. The number of aromatic carboxylic acids is 1. The fourth-order valence-electron chi connectivity index (χ4n) is 2.62. The van der Waals surface area contributed by atoms with Crippen molar-refractivity contribution >= 4 is 27.7 Å². The highest BCUT2D eigenvalue weighted by Gasteiger charge is 2.25. The Bertz CT molecular complexity index is 469. The standard InChI is InChI=1S/C14H19BrN2O2/c1-9(2)10-3-5-17(6-4-10)13-12(14(18)19)7-11(15)8-16-13/h7-10H,3-6H2,1-2H3,(H,18,19). The van der Waals surface area contributed by atoms with Crippen molar-refractivity contribution in [2.24, 2.45) is 11.8 Å². The molecule has 0 aromatic carbocycles. The fraction of sp³-hybridized carbons (Fsp3) is 0.571. The summed E-state index contributed by atoms with van der Waals surface area (Å²) in [5.74, 6) is 1.10. The van der Waals surface area contributed by atoms with Gasteiger partial charge >= 0.3 is 5.97 Å². The van der Waals surface area contributed by atoms with E-state index < -0.39 is 5.97 Å². The third-order valence-corrected chi connectivity index (χ3v) is 4.28. The van der Waals surface area contributed by atoms with E-state index in [1.807, 2.05) is 0 Å². The first-order valence-electron chi connectivity index (χ1n) is 6.63. The Morgan fingerprint density at radius 2 is 2.11 bits per heavy atom. The lowest BCUT2D eigenvalue weighted by Crippen LogP contribution is -2.36. The minimum absolute atomic E-state index is 0.275. The minimum Gasteiger partial charge on any atom is -0.478 e.